The van der Waals surface area contributed by atoms with E-state index in [9.17, 15) is 0 Å². The largest absolute Gasteiger partial charge is 0.360 e. The van der Waals surface area contributed by atoms with Crippen LogP contribution in [0.25, 0.3) is 5.57 Å². The molecule has 0 atom stereocenters. The summed E-state index contributed by atoms with van der Waals surface area (Å²) in [5.74, 6) is 6.37. The molecule has 0 aliphatic heterocycles. The second-order valence-electron chi connectivity index (χ2n) is 3.31. The Hall–Kier alpha value is -1.42. The topological polar surface area (TPSA) is 15.8 Å². The second kappa shape index (κ2) is 3.14. The fourth-order valence-electron chi connectivity index (χ4n) is 1.64. The maximum absolute atomic E-state index is 3.30. The summed E-state index contributed by atoms with van der Waals surface area (Å²) in [6.45, 7) is 4.29. The van der Waals surface area contributed by atoms with Gasteiger partial charge in [0, 0.05) is 12.6 Å². The van der Waals surface area contributed by atoms with Gasteiger partial charge in [0.25, 0.3) is 0 Å². The third-order valence-corrected chi connectivity index (χ3v) is 2.46. The molecule has 0 spiro atoms. The second-order valence-corrected chi connectivity index (χ2v) is 3.31. The Balaban J connectivity index is 2.61. The molecule has 2 rings (SSSR count). The molecule has 1 aromatic heterocycles. The number of rotatable bonds is 1. The molecule has 1 heterocycles. The molecule has 0 amide bonds. The lowest BCUT2D eigenvalue weighted by atomic mass is 10.1. The average molecular weight is 171 g/mol. The van der Waals surface area contributed by atoms with E-state index in [-0.39, 0.29) is 0 Å². The van der Waals surface area contributed by atoms with Gasteiger partial charge in [-0.15, -0.1) is 0 Å². The van der Waals surface area contributed by atoms with E-state index in [1.165, 1.54) is 22.4 Å². The van der Waals surface area contributed by atoms with Gasteiger partial charge < -0.3 is 4.98 Å². The highest BCUT2D eigenvalue weighted by molar-refractivity contribution is 5.70. The van der Waals surface area contributed by atoms with Crippen LogP contribution in [0.3, 0.4) is 0 Å². The third kappa shape index (κ3) is 1.29. The van der Waals surface area contributed by atoms with Crippen molar-refractivity contribution in [1.29, 1.82) is 0 Å². The number of hydrogen-bond donors (Lipinski definition) is 1. The molecule has 1 aromatic rings. The molecule has 1 N–H and O–H groups in total. The quantitative estimate of drug-likeness (QED) is 0.625. The number of fused-ring (bicyclic) bond motifs is 1. The molecule has 0 radical (unpaired) electrons. The van der Waals surface area contributed by atoms with Crippen LogP contribution in [-0.4, -0.2) is 4.98 Å². The van der Waals surface area contributed by atoms with Crippen molar-refractivity contribution in [3.8, 4) is 11.8 Å². The molecular formula is C12H13N. The van der Waals surface area contributed by atoms with Gasteiger partial charge in [-0.1, -0.05) is 24.8 Å². The lowest BCUT2D eigenvalue weighted by molar-refractivity contribution is 1.14. The molecule has 0 saturated carbocycles. The Morgan fingerprint density at radius 1 is 1.54 bits per heavy atom. The van der Waals surface area contributed by atoms with Crippen molar-refractivity contribution in [2.75, 3.05) is 0 Å². The summed E-state index contributed by atoms with van der Waals surface area (Å²) < 4.78 is 0. The summed E-state index contributed by atoms with van der Waals surface area (Å²) in [6, 6.07) is 0. The standard InChI is InChI=1S/C12H13N/c1-3-10-8-13-12-9(2)6-4-5-7-11(10)12/h6,8,13H,3-4H2,1-2H3. The van der Waals surface area contributed by atoms with Gasteiger partial charge in [0.05, 0.1) is 11.3 Å². The molecule has 0 saturated heterocycles. The summed E-state index contributed by atoms with van der Waals surface area (Å²) in [5.41, 5.74) is 5.04. The van der Waals surface area contributed by atoms with Crippen molar-refractivity contribution in [2.45, 2.75) is 26.7 Å². The molecule has 0 unspecified atom stereocenters. The molecule has 0 fully saturated rings. The van der Waals surface area contributed by atoms with Crippen molar-refractivity contribution in [3.05, 3.63) is 29.1 Å². The highest BCUT2D eigenvalue weighted by atomic mass is 14.7. The van der Waals surface area contributed by atoms with Gasteiger partial charge in [0.1, 0.15) is 0 Å². The molecule has 66 valence electrons. The number of allylic oxidation sites excluding steroid dienone is 2. The van der Waals surface area contributed by atoms with E-state index in [4.69, 9.17) is 0 Å². The molecule has 1 aliphatic rings. The molecule has 1 heteroatoms. The zero-order valence-corrected chi connectivity index (χ0v) is 8.07. The Morgan fingerprint density at radius 2 is 2.38 bits per heavy atom. The van der Waals surface area contributed by atoms with Crippen molar-refractivity contribution >= 4 is 5.57 Å². The number of H-pyrrole nitrogens is 1. The highest BCUT2D eigenvalue weighted by Crippen LogP contribution is 2.22. The molecule has 0 bridgehead atoms. The maximum Gasteiger partial charge on any atom is 0.0569 e. The number of aryl methyl sites for hydroxylation is 1. The Kier molecular flexibility index (Phi) is 1.98. The average Bonchev–Trinajstić information content (AvgIpc) is 2.47. The SMILES string of the molecule is CCc1c[nH]c2c1C#CCC=C2C. The normalized spacial score (nSPS) is 13.8. The van der Waals surface area contributed by atoms with E-state index in [2.05, 4.69) is 42.9 Å². The van der Waals surface area contributed by atoms with Crippen LogP contribution in [0.2, 0.25) is 0 Å². The van der Waals surface area contributed by atoms with E-state index in [0.717, 1.165) is 12.8 Å². The minimum atomic E-state index is 0.873. The first-order chi connectivity index (χ1) is 6.33. The summed E-state index contributed by atoms with van der Waals surface area (Å²) in [5, 5.41) is 0. The molecule has 0 aromatic carbocycles. The van der Waals surface area contributed by atoms with Gasteiger partial charge in [-0.2, -0.15) is 0 Å². The van der Waals surface area contributed by atoms with Crippen LogP contribution in [0.5, 0.6) is 0 Å². The van der Waals surface area contributed by atoms with Crippen LogP contribution in [0.1, 0.15) is 37.1 Å². The first kappa shape index (κ1) is 8.19. The molecule has 1 nitrogen and oxygen atoms in total. The number of hydrogen-bond acceptors (Lipinski definition) is 0. The van der Waals surface area contributed by atoms with Gasteiger partial charge in [0.15, 0.2) is 0 Å². The lowest BCUT2D eigenvalue weighted by Gasteiger charge is -1.97. The van der Waals surface area contributed by atoms with Crippen LogP contribution in [0, 0.1) is 11.8 Å². The molecule has 1 aliphatic carbocycles. The van der Waals surface area contributed by atoms with Gasteiger partial charge in [-0.3, -0.25) is 0 Å². The van der Waals surface area contributed by atoms with Crippen LogP contribution >= 0.6 is 0 Å². The molecule has 13 heavy (non-hydrogen) atoms. The van der Waals surface area contributed by atoms with Gasteiger partial charge in [-0.25, -0.2) is 0 Å². The van der Waals surface area contributed by atoms with Crippen molar-refractivity contribution in [2.24, 2.45) is 0 Å². The van der Waals surface area contributed by atoms with Crippen molar-refractivity contribution in [3.63, 3.8) is 0 Å². The number of aromatic amines is 1. The zero-order valence-electron chi connectivity index (χ0n) is 8.07. The highest BCUT2D eigenvalue weighted by Gasteiger charge is 2.10. The first-order valence-corrected chi connectivity index (χ1v) is 4.69. The Bertz CT molecular complexity index is 410. The van der Waals surface area contributed by atoms with Gasteiger partial charge in [-0.05, 0) is 24.5 Å². The van der Waals surface area contributed by atoms with E-state index in [1.807, 2.05) is 0 Å². The molecular weight excluding hydrogens is 158 g/mol. The van der Waals surface area contributed by atoms with Crippen LogP contribution < -0.4 is 0 Å². The summed E-state index contributed by atoms with van der Waals surface area (Å²) >= 11 is 0. The zero-order chi connectivity index (χ0) is 9.26. The van der Waals surface area contributed by atoms with Crippen LogP contribution in [0.4, 0.5) is 0 Å². The summed E-state index contributed by atoms with van der Waals surface area (Å²) in [4.78, 5) is 3.30. The Morgan fingerprint density at radius 3 is 3.15 bits per heavy atom. The summed E-state index contributed by atoms with van der Waals surface area (Å²) in [6.07, 6.45) is 6.17. The maximum atomic E-state index is 3.30. The lowest BCUT2D eigenvalue weighted by Crippen LogP contribution is -1.85. The van der Waals surface area contributed by atoms with E-state index < -0.39 is 0 Å². The minimum Gasteiger partial charge on any atom is -0.360 e. The first-order valence-electron chi connectivity index (χ1n) is 4.69. The van der Waals surface area contributed by atoms with Crippen molar-refractivity contribution in [1.82, 2.24) is 4.98 Å². The smallest absolute Gasteiger partial charge is 0.0569 e. The summed E-state index contributed by atoms with van der Waals surface area (Å²) in [7, 11) is 0. The van der Waals surface area contributed by atoms with Crippen LogP contribution in [-0.2, 0) is 6.42 Å². The van der Waals surface area contributed by atoms with E-state index in [1.54, 1.807) is 0 Å². The van der Waals surface area contributed by atoms with Crippen LogP contribution in [0.15, 0.2) is 12.3 Å². The van der Waals surface area contributed by atoms with E-state index in [0.29, 0.717) is 0 Å². The monoisotopic (exact) mass is 171 g/mol. The number of aromatic nitrogens is 1. The van der Waals surface area contributed by atoms with Gasteiger partial charge >= 0.3 is 0 Å². The minimum absolute atomic E-state index is 0.873. The fraction of sp³-hybridized carbons (Fsp3) is 0.333. The Labute approximate surface area is 78.9 Å². The van der Waals surface area contributed by atoms with Gasteiger partial charge in [0.2, 0.25) is 0 Å². The predicted octanol–water partition coefficient (Wildman–Crippen LogP) is 2.74. The predicted molar refractivity (Wildman–Crippen MR) is 55.3 cm³/mol. The van der Waals surface area contributed by atoms with Crippen molar-refractivity contribution < 1.29 is 0 Å². The fourth-order valence-corrected chi connectivity index (χ4v) is 1.64. The third-order valence-electron chi connectivity index (χ3n) is 2.46. The number of nitrogens with one attached hydrogen (secondary N) is 1. The van der Waals surface area contributed by atoms with E-state index >= 15 is 0 Å².